The van der Waals surface area contributed by atoms with Gasteiger partial charge in [0.2, 0.25) is 10.0 Å². The molecule has 2 rings (SSSR count). The number of ether oxygens (including phenoxy) is 1. The lowest BCUT2D eigenvalue weighted by Crippen LogP contribution is -2.31. The Balaban J connectivity index is 1.94. The molecule has 0 aliphatic rings. The zero-order valence-electron chi connectivity index (χ0n) is 15.8. The molecule has 0 aliphatic heterocycles. The van der Waals surface area contributed by atoms with Crippen LogP contribution in [0.25, 0.3) is 0 Å². The summed E-state index contributed by atoms with van der Waals surface area (Å²) >= 11 is 0. The minimum Gasteiger partial charge on any atom is -0.452 e. The monoisotopic (exact) mass is 408 g/mol. The highest BCUT2D eigenvalue weighted by molar-refractivity contribution is 7.89. The lowest BCUT2D eigenvalue weighted by atomic mass is 10.2. The topological polar surface area (TPSA) is 84.0 Å². The summed E-state index contributed by atoms with van der Waals surface area (Å²) in [6, 6.07) is 11.3. The molecule has 28 heavy (non-hydrogen) atoms. The molecule has 0 saturated carbocycles. The third-order valence-electron chi connectivity index (χ3n) is 3.99. The van der Waals surface area contributed by atoms with E-state index in [4.69, 9.17) is 4.74 Å². The summed E-state index contributed by atoms with van der Waals surface area (Å²) in [5.41, 5.74) is 0.463. The molecule has 0 N–H and O–H groups in total. The number of hydrogen-bond donors (Lipinski definition) is 0. The first-order chi connectivity index (χ1) is 13.1. The molecule has 0 fully saturated rings. The van der Waals surface area contributed by atoms with Crippen molar-refractivity contribution in [2.45, 2.75) is 11.4 Å². The molecule has 150 valence electrons. The first-order valence-electron chi connectivity index (χ1n) is 8.30. The fraction of sp³-hybridized carbons (Fsp3) is 0.263. The Bertz CT molecular complexity index is 959. The van der Waals surface area contributed by atoms with Gasteiger partial charge in [0.25, 0.3) is 5.91 Å². The molecule has 0 radical (unpaired) electrons. The lowest BCUT2D eigenvalue weighted by Gasteiger charge is -2.17. The number of benzene rings is 2. The average molecular weight is 408 g/mol. The summed E-state index contributed by atoms with van der Waals surface area (Å²) in [5, 5.41) is 0. The summed E-state index contributed by atoms with van der Waals surface area (Å²) < 4.78 is 43.7. The molecule has 0 unspecified atom stereocenters. The van der Waals surface area contributed by atoms with E-state index in [0.29, 0.717) is 5.56 Å². The zero-order chi connectivity index (χ0) is 20.9. The highest BCUT2D eigenvalue weighted by Crippen LogP contribution is 2.15. The summed E-state index contributed by atoms with van der Waals surface area (Å²) in [6.07, 6.45) is 0. The van der Waals surface area contributed by atoms with Gasteiger partial charge in [-0.2, -0.15) is 0 Å². The summed E-state index contributed by atoms with van der Waals surface area (Å²) in [5.74, 6) is -1.68. The molecule has 0 saturated heterocycles. The Morgan fingerprint density at radius 3 is 2.18 bits per heavy atom. The number of rotatable bonds is 7. The first kappa shape index (κ1) is 21.5. The first-order valence-corrected chi connectivity index (χ1v) is 9.74. The van der Waals surface area contributed by atoms with E-state index in [0.717, 1.165) is 4.31 Å². The Labute approximate surface area is 163 Å². The molecule has 7 nitrogen and oxygen atoms in total. The van der Waals surface area contributed by atoms with Crippen LogP contribution in [-0.2, 0) is 26.1 Å². The lowest BCUT2D eigenvalue weighted by molar-refractivity contribution is -0.133. The van der Waals surface area contributed by atoms with Crippen LogP contribution in [0.2, 0.25) is 0 Å². The number of carbonyl (C=O) groups excluding carboxylic acids is 2. The normalized spacial score (nSPS) is 11.3. The van der Waals surface area contributed by atoms with Gasteiger partial charge in [-0.1, -0.05) is 18.2 Å². The number of esters is 1. The Morgan fingerprint density at radius 1 is 1.00 bits per heavy atom. The van der Waals surface area contributed by atoms with Crippen LogP contribution in [-0.4, -0.2) is 57.2 Å². The Hall–Kier alpha value is -2.78. The molecular weight excluding hydrogens is 387 g/mol. The summed E-state index contributed by atoms with van der Waals surface area (Å²) in [7, 11) is 0.683. The second kappa shape index (κ2) is 8.94. The molecule has 2 aromatic rings. The number of sulfonamides is 1. The molecule has 2 aromatic carbocycles. The van der Waals surface area contributed by atoms with Gasteiger partial charge in [0, 0.05) is 33.3 Å². The fourth-order valence-electron chi connectivity index (χ4n) is 2.26. The predicted molar refractivity (Wildman–Crippen MR) is 100 cm³/mol. The smallest absolute Gasteiger partial charge is 0.338 e. The van der Waals surface area contributed by atoms with Gasteiger partial charge in [0.1, 0.15) is 5.82 Å². The average Bonchev–Trinajstić information content (AvgIpc) is 2.67. The van der Waals surface area contributed by atoms with Crippen molar-refractivity contribution in [2.75, 3.05) is 27.7 Å². The van der Waals surface area contributed by atoms with E-state index < -0.39 is 34.3 Å². The number of likely N-dealkylation sites (N-methyl/N-ethyl adjacent to an activating group) is 1. The number of carbonyl (C=O) groups is 2. The molecule has 0 aromatic heterocycles. The van der Waals surface area contributed by atoms with Crippen LogP contribution in [0, 0.1) is 5.82 Å². The zero-order valence-corrected chi connectivity index (χ0v) is 16.6. The van der Waals surface area contributed by atoms with E-state index in [-0.39, 0.29) is 17.0 Å². The van der Waals surface area contributed by atoms with Crippen LogP contribution in [0.1, 0.15) is 15.9 Å². The molecule has 9 heteroatoms. The highest BCUT2D eigenvalue weighted by Gasteiger charge is 2.19. The van der Waals surface area contributed by atoms with Gasteiger partial charge < -0.3 is 9.64 Å². The second-order valence-corrected chi connectivity index (χ2v) is 8.38. The van der Waals surface area contributed by atoms with Gasteiger partial charge in [0.05, 0.1) is 10.5 Å². The van der Waals surface area contributed by atoms with Crippen molar-refractivity contribution in [2.24, 2.45) is 0 Å². The summed E-state index contributed by atoms with van der Waals surface area (Å²) in [4.78, 5) is 25.4. The van der Waals surface area contributed by atoms with Crippen LogP contribution in [0.15, 0.2) is 53.4 Å². The van der Waals surface area contributed by atoms with E-state index in [2.05, 4.69) is 0 Å². The van der Waals surface area contributed by atoms with Crippen LogP contribution < -0.4 is 0 Å². The summed E-state index contributed by atoms with van der Waals surface area (Å²) in [6.45, 7) is -0.471. The molecule has 0 aliphatic carbocycles. The molecule has 0 atom stereocenters. The van der Waals surface area contributed by atoms with Crippen molar-refractivity contribution in [3.63, 3.8) is 0 Å². The van der Waals surface area contributed by atoms with Crippen LogP contribution in [0.5, 0.6) is 0 Å². The van der Waals surface area contributed by atoms with Crippen molar-refractivity contribution in [3.05, 3.63) is 65.5 Å². The van der Waals surface area contributed by atoms with Crippen molar-refractivity contribution in [1.82, 2.24) is 9.21 Å². The third kappa shape index (κ3) is 5.14. The standard InChI is InChI=1S/C19H21FN2O5S/c1-21(2)28(25,26)16-10-8-14(9-11-16)19(24)27-13-18(23)22(3)12-15-6-4-5-7-17(15)20/h4-11H,12-13H2,1-3H3. The van der Waals surface area contributed by atoms with Gasteiger partial charge in [-0.25, -0.2) is 21.9 Å². The minimum absolute atomic E-state index is 0.0368. The van der Waals surface area contributed by atoms with Crippen molar-refractivity contribution >= 4 is 21.9 Å². The maximum absolute atomic E-state index is 13.6. The van der Waals surface area contributed by atoms with Crippen molar-refractivity contribution in [1.29, 1.82) is 0 Å². The van der Waals surface area contributed by atoms with Crippen molar-refractivity contribution < 1.29 is 27.1 Å². The van der Waals surface area contributed by atoms with Gasteiger partial charge in [-0.05, 0) is 30.3 Å². The van der Waals surface area contributed by atoms with E-state index in [9.17, 15) is 22.4 Å². The van der Waals surface area contributed by atoms with Crippen molar-refractivity contribution in [3.8, 4) is 0 Å². The van der Waals surface area contributed by atoms with Gasteiger partial charge in [-0.15, -0.1) is 0 Å². The Kier molecular flexibility index (Phi) is 6.87. The highest BCUT2D eigenvalue weighted by atomic mass is 32.2. The SMILES string of the molecule is CN(Cc1ccccc1F)C(=O)COC(=O)c1ccc(S(=O)(=O)N(C)C)cc1. The van der Waals surface area contributed by atoms with E-state index in [1.54, 1.807) is 18.2 Å². The Morgan fingerprint density at radius 2 is 1.61 bits per heavy atom. The second-order valence-electron chi connectivity index (χ2n) is 6.23. The van der Waals surface area contributed by atoms with Gasteiger partial charge in [-0.3, -0.25) is 4.79 Å². The minimum atomic E-state index is -3.60. The number of amides is 1. The number of halogens is 1. The largest absolute Gasteiger partial charge is 0.452 e. The van der Waals surface area contributed by atoms with Crippen LogP contribution in [0.4, 0.5) is 4.39 Å². The molecular formula is C19H21FN2O5S. The predicted octanol–water partition coefficient (Wildman–Crippen LogP) is 1.89. The maximum Gasteiger partial charge on any atom is 0.338 e. The quantitative estimate of drug-likeness (QED) is 0.654. The maximum atomic E-state index is 13.6. The van der Waals surface area contributed by atoms with Gasteiger partial charge >= 0.3 is 5.97 Å². The van der Waals surface area contributed by atoms with E-state index in [1.165, 1.54) is 56.4 Å². The third-order valence-corrected chi connectivity index (χ3v) is 5.82. The van der Waals surface area contributed by atoms with Crippen LogP contribution in [0.3, 0.4) is 0 Å². The molecule has 0 spiro atoms. The number of nitrogens with zero attached hydrogens (tertiary/aromatic N) is 2. The number of hydrogen-bond acceptors (Lipinski definition) is 5. The fourth-order valence-corrected chi connectivity index (χ4v) is 3.17. The van der Waals surface area contributed by atoms with Gasteiger partial charge in [0.15, 0.2) is 6.61 Å². The van der Waals surface area contributed by atoms with E-state index in [1.807, 2.05) is 0 Å². The molecule has 0 bridgehead atoms. The molecule has 0 heterocycles. The van der Waals surface area contributed by atoms with Crippen LogP contribution >= 0.6 is 0 Å². The van der Waals surface area contributed by atoms with E-state index >= 15 is 0 Å². The molecule has 1 amide bonds.